The fourth-order valence-corrected chi connectivity index (χ4v) is 0.962. The SMILES string of the molecule is CC(C)COC(=O)N(CC(=N)N)C(C)C. The zero-order chi connectivity index (χ0) is 12.0. The topological polar surface area (TPSA) is 79.4 Å². The Morgan fingerprint density at radius 2 is 1.93 bits per heavy atom. The van der Waals surface area contributed by atoms with E-state index >= 15 is 0 Å². The maximum Gasteiger partial charge on any atom is 0.410 e. The lowest BCUT2D eigenvalue weighted by atomic mass is 10.2. The van der Waals surface area contributed by atoms with Crippen molar-refractivity contribution in [2.75, 3.05) is 13.2 Å². The highest BCUT2D eigenvalue weighted by Crippen LogP contribution is 2.03. The Morgan fingerprint density at radius 1 is 1.40 bits per heavy atom. The van der Waals surface area contributed by atoms with Crippen molar-refractivity contribution < 1.29 is 9.53 Å². The van der Waals surface area contributed by atoms with Crippen LogP contribution in [-0.2, 0) is 4.74 Å². The second-order valence-corrected chi connectivity index (χ2v) is 4.22. The molecule has 0 unspecified atom stereocenters. The van der Waals surface area contributed by atoms with Gasteiger partial charge >= 0.3 is 6.09 Å². The minimum absolute atomic E-state index is 0.0198. The molecule has 1 amide bonds. The van der Waals surface area contributed by atoms with Gasteiger partial charge in [0, 0.05) is 6.04 Å². The van der Waals surface area contributed by atoms with Gasteiger partial charge in [0.2, 0.25) is 0 Å². The number of hydrogen-bond acceptors (Lipinski definition) is 3. The Kier molecular flexibility index (Phi) is 5.74. The highest BCUT2D eigenvalue weighted by Gasteiger charge is 2.19. The smallest absolute Gasteiger partial charge is 0.410 e. The number of nitrogens with one attached hydrogen (secondary N) is 1. The summed E-state index contributed by atoms with van der Waals surface area (Å²) in [4.78, 5) is 13.0. The fourth-order valence-electron chi connectivity index (χ4n) is 0.962. The summed E-state index contributed by atoms with van der Waals surface area (Å²) in [5.41, 5.74) is 5.26. The quantitative estimate of drug-likeness (QED) is 0.537. The van der Waals surface area contributed by atoms with Gasteiger partial charge in [-0.25, -0.2) is 4.79 Å². The average Bonchev–Trinajstić information content (AvgIpc) is 2.09. The van der Waals surface area contributed by atoms with E-state index in [9.17, 15) is 4.79 Å². The Labute approximate surface area is 91.1 Å². The summed E-state index contributed by atoms with van der Waals surface area (Å²) in [6, 6.07) is -0.0198. The van der Waals surface area contributed by atoms with Crippen LogP contribution in [0.4, 0.5) is 4.79 Å². The molecule has 5 nitrogen and oxygen atoms in total. The number of carbonyl (C=O) groups excluding carboxylic acids is 1. The minimum Gasteiger partial charge on any atom is -0.449 e. The molecule has 0 atom stereocenters. The number of carbonyl (C=O) groups is 1. The molecular formula is C10H21N3O2. The lowest BCUT2D eigenvalue weighted by Gasteiger charge is -2.25. The molecule has 0 aliphatic heterocycles. The molecule has 0 aromatic carbocycles. The van der Waals surface area contributed by atoms with Gasteiger partial charge in [0.25, 0.3) is 0 Å². The minimum atomic E-state index is -0.408. The molecule has 0 rings (SSSR count). The normalized spacial score (nSPS) is 10.5. The van der Waals surface area contributed by atoms with E-state index in [1.807, 2.05) is 27.7 Å². The monoisotopic (exact) mass is 215 g/mol. The van der Waals surface area contributed by atoms with Crippen molar-refractivity contribution in [3.8, 4) is 0 Å². The summed E-state index contributed by atoms with van der Waals surface area (Å²) in [7, 11) is 0. The van der Waals surface area contributed by atoms with Gasteiger partial charge in [-0.1, -0.05) is 13.8 Å². The van der Waals surface area contributed by atoms with Gasteiger partial charge in [-0.15, -0.1) is 0 Å². The molecule has 0 saturated carbocycles. The van der Waals surface area contributed by atoms with Crippen LogP contribution in [0.5, 0.6) is 0 Å². The van der Waals surface area contributed by atoms with E-state index in [0.717, 1.165) is 0 Å². The van der Waals surface area contributed by atoms with E-state index in [1.165, 1.54) is 4.90 Å². The maximum absolute atomic E-state index is 11.6. The highest BCUT2D eigenvalue weighted by atomic mass is 16.6. The molecule has 0 bridgehead atoms. The molecule has 0 radical (unpaired) electrons. The summed E-state index contributed by atoms with van der Waals surface area (Å²) in [5.74, 6) is 0.269. The van der Waals surface area contributed by atoms with E-state index in [1.54, 1.807) is 0 Å². The van der Waals surface area contributed by atoms with Crippen LogP contribution in [0.15, 0.2) is 0 Å². The molecule has 0 aliphatic rings. The molecule has 0 aromatic rings. The van der Waals surface area contributed by atoms with E-state index in [4.69, 9.17) is 15.9 Å². The Bertz CT molecular complexity index is 227. The van der Waals surface area contributed by atoms with E-state index in [-0.39, 0.29) is 18.4 Å². The molecule has 0 spiro atoms. The summed E-state index contributed by atoms with van der Waals surface area (Å²) < 4.78 is 5.06. The van der Waals surface area contributed by atoms with Gasteiger partial charge in [-0.05, 0) is 19.8 Å². The first-order chi connectivity index (χ1) is 6.84. The number of hydrogen-bond donors (Lipinski definition) is 2. The summed E-state index contributed by atoms with van der Waals surface area (Å²) >= 11 is 0. The predicted molar refractivity (Wildman–Crippen MR) is 59.9 cm³/mol. The third kappa shape index (κ3) is 5.93. The molecule has 15 heavy (non-hydrogen) atoms. The molecule has 88 valence electrons. The number of amidine groups is 1. The van der Waals surface area contributed by atoms with Gasteiger partial charge in [0.1, 0.15) is 5.84 Å². The fraction of sp³-hybridized carbons (Fsp3) is 0.800. The molecular weight excluding hydrogens is 194 g/mol. The van der Waals surface area contributed by atoms with Gasteiger partial charge in [0.05, 0.1) is 13.2 Å². The molecule has 0 saturated heterocycles. The van der Waals surface area contributed by atoms with Crippen LogP contribution in [0, 0.1) is 11.3 Å². The highest BCUT2D eigenvalue weighted by molar-refractivity contribution is 5.83. The van der Waals surface area contributed by atoms with Crippen molar-refractivity contribution in [3.05, 3.63) is 0 Å². The third-order valence-electron chi connectivity index (χ3n) is 1.74. The van der Waals surface area contributed by atoms with Crippen molar-refractivity contribution >= 4 is 11.9 Å². The Balaban J connectivity index is 4.23. The van der Waals surface area contributed by atoms with Crippen molar-refractivity contribution in [1.82, 2.24) is 4.90 Å². The predicted octanol–water partition coefficient (Wildman–Crippen LogP) is 1.43. The summed E-state index contributed by atoms with van der Waals surface area (Å²) in [5, 5.41) is 7.16. The van der Waals surface area contributed by atoms with Gasteiger partial charge in [0.15, 0.2) is 0 Å². The standard InChI is InChI=1S/C10H21N3O2/c1-7(2)6-15-10(14)13(8(3)4)5-9(11)12/h7-8H,5-6H2,1-4H3,(H3,11,12). The van der Waals surface area contributed by atoms with Crippen LogP contribution in [0.2, 0.25) is 0 Å². The second-order valence-electron chi connectivity index (χ2n) is 4.22. The Morgan fingerprint density at radius 3 is 2.27 bits per heavy atom. The van der Waals surface area contributed by atoms with Crippen molar-refractivity contribution in [2.24, 2.45) is 11.7 Å². The van der Waals surface area contributed by atoms with Crippen LogP contribution in [0.3, 0.4) is 0 Å². The van der Waals surface area contributed by atoms with Crippen LogP contribution >= 0.6 is 0 Å². The first kappa shape index (κ1) is 13.7. The number of ether oxygens (including phenoxy) is 1. The van der Waals surface area contributed by atoms with Crippen molar-refractivity contribution in [1.29, 1.82) is 5.41 Å². The van der Waals surface area contributed by atoms with Gasteiger partial charge in [-0.3, -0.25) is 10.3 Å². The number of rotatable bonds is 5. The maximum atomic E-state index is 11.6. The first-order valence-electron chi connectivity index (χ1n) is 5.10. The average molecular weight is 215 g/mol. The first-order valence-corrected chi connectivity index (χ1v) is 5.10. The van der Waals surface area contributed by atoms with E-state index < -0.39 is 6.09 Å². The zero-order valence-corrected chi connectivity index (χ0v) is 9.91. The molecule has 5 heteroatoms. The number of nitrogens with two attached hydrogens (primary N) is 1. The molecule has 3 N–H and O–H groups in total. The van der Waals surface area contributed by atoms with E-state index in [2.05, 4.69) is 0 Å². The zero-order valence-electron chi connectivity index (χ0n) is 9.91. The lowest BCUT2D eigenvalue weighted by molar-refractivity contribution is 0.0879. The van der Waals surface area contributed by atoms with Crippen LogP contribution in [-0.4, -0.2) is 36.0 Å². The lowest BCUT2D eigenvalue weighted by Crippen LogP contribution is -2.43. The largest absolute Gasteiger partial charge is 0.449 e. The number of nitrogens with zero attached hydrogens (tertiary/aromatic N) is 1. The summed E-state index contributed by atoms with van der Waals surface area (Å²) in [6.45, 7) is 8.17. The molecule has 0 fully saturated rings. The third-order valence-corrected chi connectivity index (χ3v) is 1.74. The Hall–Kier alpha value is -1.26. The van der Waals surface area contributed by atoms with Crippen LogP contribution < -0.4 is 5.73 Å². The van der Waals surface area contributed by atoms with Crippen molar-refractivity contribution in [2.45, 2.75) is 33.7 Å². The van der Waals surface area contributed by atoms with E-state index in [0.29, 0.717) is 12.5 Å². The van der Waals surface area contributed by atoms with Crippen molar-refractivity contribution in [3.63, 3.8) is 0 Å². The van der Waals surface area contributed by atoms with Crippen LogP contribution in [0.25, 0.3) is 0 Å². The van der Waals surface area contributed by atoms with Crippen LogP contribution in [0.1, 0.15) is 27.7 Å². The second kappa shape index (κ2) is 6.27. The van der Waals surface area contributed by atoms with Gasteiger partial charge in [-0.2, -0.15) is 0 Å². The molecule has 0 heterocycles. The molecule has 0 aromatic heterocycles. The van der Waals surface area contributed by atoms with Gasteiger partial charge < -0.3 is 10.5 Å². The number of amides is 1. The molecule has 0 aliphatic carbocycles. The summed E-state index contributed by atoms with van der Waals surface area (Å²) in [6.07, 6.45) is -0.408.